The van der Waals surface area contributed by atoms with Crippen molar-refractivity contribution in [2.24, 2.45) is 11.7 Å². The van der Waals surface area contributed by atoms with Gasteiger partial charge in [0, 0.05) is 5.56 Å². The number of methoxy groups -OCH3 is 1. The van der Waals surface area contributed by atoms with Gasteiger partial charge in [0.2, 0.25) is 0 Å². The summed E-state index contributed by atoms with van der Waals surface area (Å²) in [5.74, 6) is 1.61. The van der Waals surface area contributed by atoms with Gasteiger partial charge >= 0.3 is 0 Å². The van der Waals surface area contributed by atoms with Crippen LogP contribution < -0.4 is 10.5 Å². The quantitative estimate of drug-likeness (QED) is 0.823. The lowest BCUT2D eigenvalue weighted by Crippen LogP contribution is -2.06. The lowest BCUT2D eigenvalue weighted by atomic mass is 9.96. The lowest BCUT2D eigenvalue weighted by molar-refractivity contribution is 0.416. The van der Waals surface area contributed by atoms with Crippen LogP contribution in [0.25, 0.3) is 11.1 Å². The molecule has 1 unspecified atom stereocenters. The van der Waals surface area contributed by atoms with Gasteiger partial charge in [-0.15, -0.1) is 0 Å². The third-order valence-electron chi connectivity index (χ3n) is 3.93. The molecule has 2 nitrogen and oxygen atoms in total. The molecule has 2 aromatic carbocycles. The van der Waals surface area contributed by atoms with E-state index in [1.165, 1.54) is 17.5 Å². The second kappa shape index (κ2) is 7.84. The number of hydrogen-bond donors (Lipinski definition) is 1. The molecule has 0 aliphatic rings. The summed E-state index contributed by atoms with van der Waals surface area (Å²) in [6.45, 7) is 3.05. The van der Waals surface area contributed by atoms with Gasteiger partial charge in [-0.3, -0.25) is 0 Å². The third-order valence-corrected chi connectivity index (χ3v) is 3.93. The Morgan fingerprint density at radius 3 is 2.62 bits per heavy atom. The Labute approximate surface area is 127 Å². The zero-order valence-electron chi connectivity index (χ0n) is 13.0. The fourth-order valence-corrected chi connectivity index (χ4v) is 2.62. The molecule has 21 heavy (non-hydrogen) atoms. The van der Waals surface area contributed by atoms with E-state index in [2.05, 4.69) is 37.3 Å². The summed E-state index contributed by atoms with van der Waals surface area (Å²) in [7, 11) is 1.72. The summed E-state index contributed by atoms with van der Waals surface area (Å²) in [6, 6.07) is 16.9. The van der Waals surface area contributed by atoms with Crippen LogP contribution in [0.5, 0.6) is 5.75 Å². The van der Waals surface area contributed by atoms with Gasteiger partial charge in [0.1, 0.15) is 5.75 Å². The minimum atomic E-state index is 0.685. The fourth-order valence-electron chi connectivity index (χ4n) is 2.62. The van der Waals surface area contributed by atoms with Crippen LogP contribution in [0.1, 0.15) is 25.3 Å². The summed E-state index contributed by atoms with van der Waals surface area (Å²) in [5.41, 5.74) is 9.36. The summed E-state index contributed by atoms with van der Waals surface area (Å²) in [4.78, 5) is 0. The molecule has 112 valence electrons. The highest BCUT2D eigenvalue weighted by Gasteiger charge is 2.06. The van der Waals surface area contributed by atoms with Gasteiger partial charge in [-0.2, -0.15) is 0 Å². The number of hydrogen-bond acceptors (Lipinski definition) is 2. The molecule has 0 spiro atoms. The van der Waals surface area contributed by atoms with Crippen LogP contribution in [0.3, 0.4) is 0 Å². The van der Waals surface area contributed by atoms with Crippen molar-refractivity contribution in [3.63, 3.8) is 0 Å². The van der Waals surface area contributed by atoms with Crippen LogP contribution >= 0.6 is 0 Å². The highest BCUT2D eigenvalue weighted by Crippen LogP contribution is 2.30. The van der Waals surface area contributed by atoms with Crippen molar-refractivity contribution in [1.82, 2.24) is 0 Å². The van der Waals surface area contributed by atoms with Crippen LogP contribution in [-0.4, -0.2) is 13.7 Å². The largest absolute Gasteiger partial charge is 0.496 e. The molecule has 2 aromatic rings. The van der Waals surface area contributed by atoms with E-state index in [1.54, 1.807) is 7.11 Å². The fraction of sp³-hybridized carbons (Fsp3) is 0.368. The molecular formula is C19H25NO. The second-order valence-corrected chi connectivity index (χ2v) is 5.62. The standard InChI is InChI=1S/C19H25NO/c1-15(12-13-20)10-11-16-6-5-7-17(14-16)18-8-3-4-9-19(18)21-2/h3-9,14-15H,10-13,20H2,1-2H3. The average molecular weight is 283 g/mol. The van der Waals surface area contributed by atoms with E-state index in [-0.39, 0.29) is 0 Å². The molecule has 0 amide bonds. The summed E-state index contributed by atoms with van der Waals surface area (Å²) >= 11 is 0. The van der Waals surface area contributed by atoms with Gasteiger partial charge < -0.3 is 10.5 Å². The molecule has 1 atom stereocenters. The first-order chi connectivity index (χ1) is 10.2. The normalized spacial score (nSPS) is 12.1. The molecule has 0 radical (unpaired) electrons. The molecule has 0 saturated heterocycles. The van der Waals surface area contributed by atoms with Gasteiger partial charge in [-0.25, -0.2) is 0 Å². The first kappa shape index (κ1) is 15.6. The molecule has 0 aliphatic carbocycles. The predicted molar refractivity (Wildman–Crippen MR) is 89.6 cm³/mol. The molecule has 0 aromatic heterocycles. The van der Waals surface area contributed by atoms with Crippen LogP contribution in [0.4, 0.5) is 0 Å². The molecule has 0 aliphatic heterocycles. The van der Waals surface area contributed by atoms with Crippen LogP contribution in [0.2, 0.25) is 0 Å². The second-order valence-electron chi connectivity index (χ2n) is 5.62. The maximum absolute atomic E-state index is 5.62. The Hall–Kier alpha value is -1.80. The number of nitrogens with two attached hydrogens (primary N) is 1. The number of para-hydroxylation sites is 1. The Morgan fingerprint density at radius 2 is 1.86 bits per heavy atom. The smallest absolute Gasteiger partial charge is 0.126 e. The topological polar surface area (TPSA) is 35.2 Å². The van der Waals surface area contributed by atoms with E-state index >= 15 is 0 Å². The minimum Gasteiger partial charge on any atom is -0.496 e. The van der Waals surface area contributed by atoms with E-state index in [9.17, 15) is 0 Å². The van der Waals surface area contributed by atoms with Crippen molar-refractivity contribution >= 4 is 0 Å². The molecule has 2 rings (SSSR count). The van der Waals surface area contributed by atoms with E-state index in [4.69, 9.17) is 10.5 Å². The first-order valence-electron chi connectivity index (χ1n) is 7.67. The predicted octanol–water partition coefficient (Wildman–Crippen LogP) is 4.28. The zero-order chi connectivity index (χ0) is 15.1. The van der Waals surface area contributed by atoms with E-state index < -0.39 is 0 Å². The highest BCUT2D eigenvalue weighted by atomic mass is 16.5. The molecule has 2 N–H and O–H groups in total. The molecule has 0 saturated carbocycles. The lowest BCUT2D eigenvalue weighted by Gasteiger charge is -2.12. The number of aryl methyl sites for hydroxylation is 1. The van der Waals surface area contributed by atoms with Gasteiger partial charge in [0.25, 0.3) is 0 Å². The molecule has 0 fully saturated rings. The Balaban J connectivity index is 2.14. The van der Waals surface area contributed by atoms with Crippen LogP contribution in [0.15, 0.2) is 48.5 Å². The maximum Gasteiger partial charge on any atom is 0.126 e. The van der Waals surface area contributed by atoms with Crippen molar-refractivity contribution in [3.05, 3.63) is 54.1 Å². The Kier molecular flexibility index (Phi) is 5.82. The minimum absolute atomic E-state index is 0.685. The summed E-state index contributed by atoms with van der Waals surface area (Å²) in [5, 5.41) is 0. The van der Waals surface area contributed by atoms with E-state index in [0.717, 1.165) is 30.7 Å². The summed E-state index contributed by atoms with van der Waals surface area (Å²) in [6.07, 6.45) is 3.39. The van der Waals surface area contributed by atoms with Gasteiger partial charge in [-0.05, 0) is 48.9 Å². The maximum atomic E-state index is 5.62. The van der Waals surface area contributed by atoms with E-state index in [0.29, 0.717) is 5.92 Å². The SMILES string of the molecule is COc1ccccc1-c1cccc(CCC(C)CCN)c1. The van der Waals surface area contributed by atoms with Crippen molar-refractivity contribution < 1.29 is 4.74 Å². The highest BCUT2D eigenvalue weighted by molar-refractivity contribution is 5.70. The van der Waals surface area contributed by atoms with Crippen LogP contribution in [0, 0.1) is 5.92 Å². The van der Waals surface area contributed by atoms with Crippen LogP contribution in [-0.2, 0) is 6.42 Å². The third kappa shape index (κ3) is 4.33. The number of benzene rings is 2. The Morgan fingerprint density at radius 1 is 1.05 bits per heavy atom. The average Bonchev–Trinajstić information content (AvgIpc) is 2.53. The van der Waals surface area contributed by atoms with Crippen molar-refractivity contribution in [2.75, 3.05) is 13.7 Å². The van der Waals surface area contributed by atoms with Crippen molar-refractivity contribution in [1.29, 1.82) is 0 Å². The van der Waals surface area contributed by atoms with Crippen molar-refractivity contribution in [2.45, 2.75) is 26.2 Å². The zero-order valence-corrected chi connectivity index (χ0v) is 13.0. The number of rotatable bonds is 7. The first-order valence-corrected chi connectivity index (χ1v) is 7.67. The van der Waals surface area contributed by atoms with Gasteiger partial charge in [0.15, 0.2) is 0 Å². The Bertz CT molecular complexity index is 565. The van der Waals surface area contributed by atoms with Crippen molar-refractivity contribution in [3.8, 4) is 16.9 Å². The number of ether oxygens (including phenoxy) is 1. The molecule has 0 bridgehead atoms. The van der Waals surface area contributed by atoms with Gasteiger partial charge in [-0.1, -0.05) is 49.4 Å². The molecule has 0 heterocycles. The van der Waals surface area contributed by atoms with Gasteiger partial charge in [0.05, 0.1) is 7.11 Å². The summed E-state index contributed by atoms with van der Waals surface area (Å²) < 4.78 is 5.46. The van der Waals surface area contributed by atoms with E-state index in [1.807, 2.05) is 18.2 Å². The molecule has 2 heteroatoms. The monoisotopic (exact) mass is 283 g/mol. The molecular weight excluding hydrogens is 258 g/mol.